The lowest BCUT2D eigenvalue weighted by atomic mass is 10.1. The van der Waals surface area contributed by atoms with Gasteiger partial charge in [-0.1, -0.05) is 0 Å². The van der Waals surface area contributed by atoms with Gasteiger partial charge in [0.05, 0.1) is 16.7 Å². The third kappa shape index (κ3) is 4.72. The van der Waals surface area contributed by atoms with Crippen molar-refractivity contribution in [2.45, 2.75) is 6.92 Å². The molecule has 32 heavy (non-hydrogen) atoms. The molecule has 11 heteroatoms. The fourth-order valence-corrected chi connectivity index (χ4v) is 3.45. The number of aryl methyl sites for hydroxylation is 1. The van der Waals surface area contributed by atoms with Crippen molar-refractivity contribution < 1.29 is 14.8 Å². The molecule has 0 atom stereocenters. The maximum absolute atomic E-state index is 11.5. The van der Waals surface area contributed by atoms with Crippen LogP contribution in [-0.4, -0.2) is 62.2 Å². The van der Waals surface area contributed by atoms with E-state index >= 15 is 0 Å². The summed E-state index contributed by atoms with van der Waals surface area (Å²) in [6, 6.07) is 9.99. The number of hydrogen-bond donors (Lipinski definition) is 2. The third-order valence-corrected chi connectivity index (χ3v) is 5.11. The zero-order valence-corrected chi connectivity index (χ0v) is 17.3. The Morgan fingerprint density at radius 3 is 2.50 bits per heavy atom. The first-order valence-electron chi connectivity index (χ1n) is 9.94. The lowest BCUT2D eigenvalue weighted by Gasteiger charge is -2.33. The summed E-state index contributed by atoms with van der Waals surface area (Å²) in [6.07, 6.45) is 2.33. The van der Waals surface area contributed by atoms with Crippen LogP contribution in [0, 0.1) is 17.0 Å². The summed E-state index contributed by atoms with van der Waals surface area (Å²) in [5.41, 5.74) is 1.98. The second kappa shape index (κ2) is 8.84. The lowest BCUT2D eigenvalue weighted by Crippen LogP contribution is -2.48. The molecule has 164 valence electrons. The van der Waals surface area contributed by atoms with Gasteiger partial charge >= 0.3 is 6.09 Å². The van der Waals surface area contributed by atoms with Gasteiger partial charge in [-0.25, -0.2) is 19.7 Å². The average Bonchev–Trinajstić information content (AvgIpc) is 2.79. The van der Waals surface area contributed by atoms with Crippen LogP contribution in [0.3, 0.4) is 0 Å². The summed E-state index contributed by atoms with van der Waals surface area (Å²) in [7, 11) is 0. The molecule has 1 fully saturated rings. The molecule has 1 aliphatic heterocycles. The molecule has 2 N–H and O–H groups in total. The largest absolute Gasteiger partial charge is 0.465 e. The maximum atomic E-state index is 11.5. The number of piperazine rings is 1. The van der Waals surface area contributed by atoms with Gasteiger partial charge in [0.1, 0.15) is 17.5 Å². The Labute approximate surface area is 183 Å². The average molecular weight is 435 g/mol. The molecule has 1 saturated heterocycles. The highest BCUT2D eigenvalue weighted by Gasteiger charge is 2.22. The van der Waals surface area contributed by atoms with Crippen LogP contribution in [0.2, 0.25) is 0 Å². The Kier molecular flexibility index (Phi) is 5.79. The van der Waals surface area contributed by atoms with Gasteiger partial charge in [0.2, 0.25) is 0 Å². The smallest absolute Gasteiger partial charge is 0.407 e. The van der Waals surface area contributed by atoms with Crippen molar-refractivity contribution in [1.29, 1.82) is 0 Å². The molecular formula is C21H21N7O4. The molecule has 4 heterocycles. The van der Waals surface area contributed by atoms with Crippen molar-refractivity contribution >= 4 is 29.2 Å². The van der Waals surface area contributed by atoms with Gasteiger partial charge in [-0.3, -0.25) is 10.1 Å². The zero-order chi connectivity index (χ0) is 22.7. The summed E-state index contributed by atoms with van der Waals surface area (Å²) in [5, 5.41) is 23.7. The second-order valence-corrected chi connectivity index (χ2v) is 7.36. The molecule has 0 spiro atoms. The fraction of sp³-hybridized carbons (Fsp3) is 0.238. The predicted molar refractivity (Wildman–Crippen MR) is 118 cm³/mol. The standard InChI is InChI=1S/C21H21N7O4/c1-14-2-4-22-18(10-14)25-19-13-16(28(31)32)12-17(24-19)15-3-5-23-20(11-15)26-6-8-27(9-7-26)21(29)30/h2-5,10-13H,6-9H2,1H3,(H,29,30)(H,22,24,25). The second-order valence-electron chi connectivity index (χ2n) is 7.36. The maximum Gasteiger partial charge on any atom is 0.407 e. The molecule has 1 amide bonds. The summed E-state index contributed by atoms with van der Waals surface area (Å²) >= 11 is 0. The Balaban J connectivity index is 1.63. The Morgan fingerprint density at radius 1 is 1.06 bits per heavy atom. The minimum Gasteiger partial charge on any atom is -0.465 e. The van der Waals surface area contributed by atoms with Crippen LogP contribution in [0.4, 0.5) is 27.9 Å². The molecular weight excluding hydrogens is 414 g/mol. The first kappa shape index (κ1) is 21.0. The molecule has 0 unspecified atom stereocenters. The first-order chi connectivity index (χ1) is 15.4. The molecule has 1 aliphatic rings. The van der Waals surface area contributed by atoms with E-state index in [0.717, 1.165) is 5.56 Å². The van der Waals surface area contributed by atoms with E-state index in [1.54, 1.807) is 24.5 Å². The zero-order valence-electron chi connectivity index (χ0n) is 17.3. The van der Waals surface area contributed by atoms with Crippen molar-refractivity contribution in [2.24, 2.45) is 0 Å². The minimum absolute atomic E-state index is 0.0985. The molecule has 0 aliphatic carbocycles. The molecule has 0 saturated carbocycles. The minimum atomic E-state index is -0.935. The Hall–Kier alpha value is -4.28. The van der Waals surface area contributed by atoms with E-state index in [1.807, 2.05) is 24.0 Å². The number of aromatic nitrogens is 3. The van der Waals surface area contributed by atoms with E-state index < -0.39 is 11.0 Å². The van der Waals surface area contributed by atoms with Crippen LogP contribution in [0.1, 0.15) is 5.56 Å². The molecule has 3 aromatic rings. The van der Waals surface area contributed by atoms with Gasteiger partial charge in [-0.2, -0.15) is 0 Å². The van der Waals surface area contributed by atoms with Gasteiger partial charge in [-0.05, 0) is 36.8 Å². The van der Waals surface area contributed by atoms with Crippen LogP contribution in [0.15, 0.2) is 48.8 Å². The van der Waals surface area contributed by atoms with Crippen LogP contribution in [0.5, 0.6) is 0 Å². The highest BCUT2D eigenvalue weighted by Crippen LogP contribution is 2.28. The molecule has 0 aromatic carbocycles. The van der Waals surface area contributed by atoms with E-state index in [2.05, 4.69) is 20.3 Å². The van der Waals surface area contributed by atoms with Gasteiger partial charge in [0.25, 0.3) is 5.69 Å². The van der Waals surface area contributed by atoms with Crippen LogP contribution in [-0.2, 0) is 0 Å². The van der Waals surface area contributed by atoms with E-state index in [0.29, 0.717) is 54.9 Å². The molecule has 0 bridgehead atoms. The number of carbonyl (C=O) groups is 1. The normalized spacial score (nSPS) is 13.7. The number of rotatable bonds is 5. The number of nitrogens with one attached hydrogen (secondary N) is 1. The lowest BCUT2D eigenvalue weighted by molar-refractivity contribution is -0.384. The number of pyridine rings is 3. The highest BCUT2D eigenvalue weighted by atomic mass is 16.6. The number of nitrogens with zero attached hydrogens (tertiary/aromatic N) is 6. The SMILES string of the molecule is Cc1ccnc(Nc2cc([N+](=O)[O-])cc(-c3ccnc(N4CCN(C(=O)O)CC4)c3)n2)c1. The summed E-state index contributed by atoms with van der Waals surface area (Å²) in [4.78, 5) is 38.7. The highest BCUT2D eigenvalue weighted by molar-refractivity contribution is 5.69. The molecule has 3 aromatic heterocycles. The predicted octanol–water partition coefficient (Wildman–Crippen LogP) is 3.30. The number of anilines is 3. The quantitative estimate of drug-likeness (QED) is 0.456. The summed E-state index contributed by atoms with van der Waals surface area (Å²) in [5.74, 6) is 1.51. The van der Waals surface area contributed by atoms with Gasteiger partial charge < -0.3 is 20.2 Å². The number of nitro groups is 1. The van der Waals surface area contributed by atoms with Crippen LogP contribution < -0.4 is 10.2 Å². The third-order valence-electron chi connectivity index (χ3n) is 5.11. The van der Waals surface area contributed by atoms with E-state index in [9.17, 15) is 14.9 Å². The first-order valence-corrected chi connectivity index (χ1v) is 9.94. The number of amides is 1. The van der Waals surface area contributed by atoms with Crippen LogP contribution in [0.25, 0.3) is 11.3 Å². The summed E-state index contributed by atoms with van der Waals surface area (Å²) < 4.78 is 0. The van der Waals surface area contributed by atoms with Crippen LogP contribution >= 0.6 is 0 Å². The molecule has 11 nitrogen and oxygen atoms in total. The van der Waals surface area contributed by atoms with Crippen molar-refractivity contribution in [1.82, 2.24) is 19.9 Å². The van der Waals surface area contributed by atoms with Crippen molar-refractivity contribution in [3.63, 3.8) is 0 Å². The number of hydrogen-bond acceptors (Lipinski definition) is 8. The van der Waals surface area contributed by atoms with Crippen molar-refractivity contribution in [2.75, 3.05) is 36.4 Å². The van der Waals surface area contributed by atoms with Crippen molar-refractivity contribution in [3.05, 3.63) is 64.5 Å². The van der Waals surface area contributed by atoms with E-state index in [-0.39, 0.29) is 5.69 Å². The van der Waals surface area contributed by atoms with Gasteiger partial charge in [0.15, 0.2) is 0 Å². The molecule has 0 radical (unpaired) electrons. The van der Waals surface area contributed by atoms with Gasteiger partial charge in [-0.15, -0.1) is 0 Å². The summed E-state index contributed by atoms with van der Waals surface area (Å²) in [6.45, 7) is 3.71. The topological polar surface area (TPSA) is 138 Å². The van der Waals surface area contributed by atoms with Gasteiger partial charge in [0, 0.05) is 50.2 Å². The van der Waals surface area contributed by atoms with Crippen molar-refractivity contribution in [3.8, 4) is 11.3 Å². The van der Waals surface area contributed by atoms with E-state index in [4.69, 9.17) is 5.11 Å². The Morgan fingerprint density at radius 2 is 1.81 bits per heavy atom. The molecule has 4 rings (SSSR count). The number of carboxylic acid groups (broad SMARTS) is 1. The van der Waals surface area contributed by atoms with E-state index in [1.165, 1.54) is 17.0 Å². The fourth-order valence-electron chi connectivity index (χ4n) is 3.45. The Bertz CT molecular complexity index is 1160. The monoisotopic (exact) mass is 435 g/mol.